The van der Waals surface area contributed by atoms with Crippen LogP contribution in [0.2, 0.25) is 0 Å². The fourth-order valence-electron chi connectivity index (χ4n) is 0.811. The number of nitrogens with zero attached hydrogens (tertiary/aromatic N) is 2. The van der Waals surface area contributed by atoms with E-state index in [2.05, 4.69) is 31.2 Å². The predicted molar refractivity (Wildman–Crippen MR) is 54.9 cm³/mol. The van der Waals surface area contributed by atoms with Crippen molar-refractivity contribution in [1.82, 2.24) is 9.97 Å². The molecule has 0 unspecified atom stereocenters. The predicted octanol–water partition coefficient (Wildman–Crippen LogP) is 1.21. The number of hydrogen-bond acceptors (Lipinski definition) is 5. The number of carbonyl (C=O) groups excluding carboxylic acids is 1. The summed E-state index contributed by atoms with van der Waals surface area (Å²) in [4.78, 5) is 18.7. The maximum Gasteiger partial charge on any atom is 0.325 e. The lowest BCUT2D eigenvalue weighted by atomic mass is 10.5. The molecule has 0 bridgehead atoms. The Kier molecular flexibility index (Phi) is 4.31. The molecule has 1 heterocycles. The van der Waals surface area contributed by atoms with E-state index in [1.165, 1.54) is 6.33 Å². The SMILES string of the molecule is CCOC(=O)CNc1ncncc1Br. The van der Waals surface area contributed by atoms with Gasteiger partial charge >= 0.3 is 5.97 Å². The fourth-order valence-corrected chi connectivity index (χ4v) is 1.17. The minimum atomic E-state index is -0.307. The minimum absolute atomic E-state index is 0.101. The normalized spacial score (nSPS) is 9.57. The van der Waals surface area contributed by atoms with E-state index in [-0.39, 0.29) is 12.5 Å². The maximum absolute atomic E-state index is 11.0. The van der Waals surface area contributed by atoms with Gasteiger partial charge in [-0.05, 0) is 22.9 Å². The van der Waals surface area contributed by atoms with Crippen LogP contribution >= 0.6 is 15.9 Å². The molecule has 0 aromatic carbocycles. The highest BCUT2D eigenvalue weighted by molar-refractivity contribution is 9.10. The Morgan fingerprint density at radius 2 is 2.50 bits per heavy atom. The first kappa shape index (κ1) is 10.9. The molecular formula is C8H10BrN3O2. The molecule has 5 nitrogen and oxygen atoms in total. The maximum atomic E-state index is 11.0. The summed E-state index contributed by atoms with van der Waals surface area (Å²) >= 11 is 3.25. The van der Waals surface area contributed by atoms with E-state index >= 15 is 0 Å². The second-order valence-electron chi connectivity index (χ2n) is 2.38. The van der Waals surface area contributed by atoms with E-state index in [0.717, 1.165) is 0 Å². The van der Waals surface area contributed by atoms with Crippen molar-refractivity contribution in [3.05, 3.63) is 17.0 Å². The standard InChI is InChI=1S/C8H10BrN3O2/c1-2-14-7(13)4-11-8-6(9)3-10-5-12-8/h3,5H,2,4H2,1H3,(H,10,11,12). The van der Waals surface area contributed by atoms with Crippen molar-refractivity contribution in [3.63, 3.8) is 0 Å². The van der Waals surface area contributed by atoms with E-state index in [1.54, 1.807) is 13.1 Å². The van der Waals surface area contributed by atoms with E-state index in [4.69, 9.17) is 4.74 Å². The first-order chi connectivity index (χ1) is 6.74. The molecule has 1 rings (SSSR count). The number of hydrogen-bond donors (Lipinski definition) is 1. The number of rotatable bonds is 4. The van der Waals surface area contributed by atoms with Gasteiger partial charge in [0, 0.05) is 6.20 Å². The lowest BCUT2D eigenvalue weighted by Gasteiger charge is -2.05. The molecule has 0 aliphatic carbocycles. The van der Waals surface area contributed by atoms with E-state index in [9.17, 15) is 4.79 Å². The Balaban J connectivity index is 2.46. The zero-order valence-corrected chi connectivity index (χ0v) is 9.24. The Hall–Kier alpha value is -1.17. The summed E-state index contributed by atoms with van der Waals surface area (Å²) in [6, 6.07) is 0. The van der Waals surface area contributed by atoms with Gasteiger partial charge < -0.3 is 10.1 Å². The van der Waals surface area contributed by atoms with Crippen LogP contribution in [0.15, 0.2) is 17.0 Å². The molecule has 0 spiro atoms. The quantitative estimate of drug-likeness (QED) is 0.824. The number of esters is 1. The second kappa shape index (κ2) is 5.54. The van der Waals surface area contributed by atoms with Crippen LogP contribution in [0.3, 0.4) is 0 Å². The molecule has 1 aromatic rings. The smallest absolute Gasteiger partial charge is 0.325 e. The molecule has 6 heteroatoms. The number of aromatic nitrogens is 2. The zero-order chi connectivity index (χ0) is 10.4. The van der Waals surface area contributed by atoms with Crippen molar-refractivity contribution in [2.24, 2.45) is 0 Å². The number of carbonyl (C=O) groups is 1. The minimum Gasteiger partial charge on any atom is -0.465 e. The van der Waals surface area contributed by atoms with Gasteiger partial charge in [0.25, 0.3) is 0 Å². The number of ether oxygens (including phenoxy) is 1. The van der Waals surface area contributed by atoms with Crippen LogP contribution < -0.4 is 5.32 Å². The van der Waals surface area contributed by atoms with Crippen molar-refractivity contribution in [1.29, 1.82) is 0 Å². The first-order valence-electron chi connectivity index (χ1n) is 4.09. The Morgan fingerprint density at radius 1 is 1.71 bits per heavy atom. The summed E-state index contributed by atoms with van der Waals surface area (Å²) in [5, 5.41) is 2.82. The molecule has 0 saturated carbocycles. The number of nitrogens with one attached hydrogen (secondary N) is 1. The molecular weight excluding hydrogens is 250 g/mol. The van der Waals surface area contributed by atoms with Crippen LogP contribution in [-0.4, -0.2) is 29.1 Å². The van der Waals surface area contributed by atoms with Crippen LogP contribution in [0.5, 0.6) is 0 Å². The van der Waals surface area contributed by atoms with Crippen molar-refractivity contribution in [3.8, 4) is 0 Å². The van der Waals surface area contributed by atoms with Crippen LogP contribution in [-0.2, 0) is 9.53 Å². The molecule has 0 amide bonds. The van der Waals surface area contributed by atoms with Crippen molar-refractivity contribution in [2.75, 3.05) is 18.5 Å². The van der Waals surface area contributed by atoms with Gasteiger partial charge in [-0.1, -0.05) is 0 Å². The van der Waals surface area contributed by atoms with Crippen molar-refractivity contribution >= 4 is 27.7 Å². The molecule has 1 N–H and O–H groups in total. The zero-order valence-electron chi connectivity index (χ0n) is 7.66. The number of anilines is 1. The second-order valence-corrected chi connectivity index (χ2v) is 3.23. The topological polar surface area (TPSA) is 64.1 Å². The lowest BCUT2D eigenvalue weighted by Crippen LogP contribution is -2.17. The highest BCUT2D eigenvalue weighted by atomic mass is 79.9. The average Bonchev–Trinajstić information content (AvgIpc) is 2.17. The highest BCUT2D eigenvalue weighted by Crippen LogP contribution is 2.16. The molecule has 0 radical (unpaired) electrons. The third-order valence-corrected chi connectivity index (χ3v) is 1.95. The molecule has 76 valence electrons. The summed E-state index contributed by atoms with van der Waals surface area (Å²) in [5.74, 6) is 0.270. The molecule has 0 fully saturated rings. The van der Waals surface area contributed by atoms with Crippen LogP contribution in [0.4, 0.5) is 5.82 Å². The summed E-state index contributed by atoms with van der Waals surface area (Å²) in [7, 11) is 0. The van der Waals surface area contributed by atoms with Gasteiger partial charge in [-0.3, -0.25) is 4.79 Å². The molecule has 14 heavy (non-hydrogen) atoms. The Bertz CT molecular complexity index is 319. The molecule has 1 aromatic heterocycles. The van der Waals surface area contributed by atoms with Crippen LogP contribution in [0.1, 0.15) is 6.92 Å². The van der Waals surface area contributed by atoms with E-state index in [0.29, 0.717) is 16.9 Å². The summed E-state index contributed by atoms with van der Waals surface area (Å²) < 4.78 is 5.46. The van der Waals surface area contributed by atoms with Crippen LogP contribution in [0.25, 0.3) is 0 Å². The van der Waals surface area contributed by atoms with Gasteiger partial charge in [-0.25, -0.2) is 9.97 Å². The van der Waals surface area contributed by atoms with Crippen LogP contribution in [0, 0.1) is 0 Å². The molecule has 0 atom stereocenters. The monoisotopic (exact) mass is 259 g/mol. The van der Waals surface area contributed by atoms with Gasteiger partial charge in [-0.2, -0.15) is 0 Å². The van der Waals surface area contributed by atoms with Crippen molar-refractivity contribution in [2.45, 2.75) is 6.92 Å². The van der Waals surface area contributed by atoms with Crippen molar-refractivity contribution < 1.29 is 9.53 Å². The molecule has 0 aliphatic rings. The van der Waals surface area contributed by atoms with Gasteiger partial charge in [0.1, 0.15) is 18.7 Å². The molecule has 0 aliphatic heterocycles. The average molecular weight is 260 g/mol. The Morgan fingerprint density at radius 3 is 3.14 bits per heavy atom. The summed E-state index contributed by atoms with van der Waals surface area (Å²) in [5.41, 5.74) is 0. The van der Waals surface area contributed by atoms with E-state index < -0.39 is 0 Å². The summed E-state index contributed by atoms with van der Waals surface area (Å²) in [6.45, 7) is 2.24. The van der Waals surface area contributed by atoms with Gasteiger partial charge in [0.15, 0.2) is 0 Å². The Labute approximate surface area is 90.0 Å². The lowest BCUT2D eigenvalue weighted by molar-refractivity contribution is -0.140. The first-order valence-corrected chi connectivity index (χ1v) is 4.88. The number of halogens is 1. The highest BCUT2D eigenvalue weighted by Gasteiger charge is 2.04. The van der Waals surface area contributed by atoms with E-state index in [1.807, 2.05) is 0 Å². The van der Waals surface area contributed by atoms with Gasteiger partial charge in [0.05, 0.1) is 11.1 Å². The third kappa shape index (κ3) is 3.29. The largest absolute Gasteiger partial charge is 0.465 e. The van der Waals surface area contributed by atoms with Gasteiger partial charge in [0.2, 0.25) is 0 Å². The third-order valence-electron chi connectivity index (χ3n) is 1.37. The fraction of sp³-hybridized carbons (Fsp3) is 0.375. The summed E-state index contributed by atoms with van der Waals surface area (Å²) in [6.07, 6.45) is 3.00. The molecule has 0 saturated heterocycles. The van der Waals surface area contributed by atoms with Gasteiger partial charge in [-0.15, -0.1) is 0 Å².